The highest BCUT2D eigenvalue weighted by Crippen LogP contribution is 2.36. The van der Waals surface area contributed by atoms with Crippen molar-refractivity contribution < 1.29 is 14.3 Å². The molecule has 1 fully saturated rings. The summed E-state index contributed by atoms with van der Waals surface area (Å²) in [6, 6.07) is 6.77. The fourth-order valence-corrected chi connectivity index (χ4v) is 2.15. The summed E-state index contributed by atoms with van der Waals surface area (Å²) in [5.41, 5.74) is 0.673. The molecule has 20 heavy (non-hydrogen) atoms. The van der Waals surface area contributed by atoms with Crippen molar-refractivity contribution >= 4 is 5.91 Å². The van der Waals surface area contributed by atoms with Gasteiger partial charge in [-0.1, -0.05) is 0 Å². The Kier molecular flexibility index (Phi) is 4.14. The normalized spacial score (nSPS) is 15.1. The molecule has 1 amide bonds. The Balaban J connectivity index is 2.31. The van der Waals surface area contributed by atoms with Crippen molar-refractivity contribution in [1.29, 1.82) is 5.26 Å². The maximum atomic E-state index is 12.1. The predicted molar refractivity (Wildman–Crippen MR) is 73.4 cm³/mol. The number of carbonyl (C=O) groups excluding carboxylic acids is 1. The van der Waals surface area contributed by atoms with Crippen molar-refractivity contribution in [3.63, 3.8) is 0 Å². The summed E-state index contributed by atoms with van der Waals surface area (Å²) in [6.07, 6.45) is 1.84. The molecular formula is C15H18N2O3. The van der Waals surface area contributed by atoms with Crippen LogP contribution in [0.25, 0.3) is 0 Å². The second-order valence-corrected chi connectivity index (χ2v) is 4.86. The van der Waals surface area contributed by atoms with E-state index in [0.717, 1.165) is 12.8 Å². The van der Waals surface area contributed by atoms with Crippen LogP contribution in [0.1, 0.15) is 24.4 Å². The first-order valence-corrected chi connectivity index (χ1v) is 6.50. The lowest BCUT2D eigenvalue weighted by Gasteiger charge is -2.24. The second-order valence-electron chi connectivity index (χ2n) is 4.86. The van der Waals surface area contributed by atoms with E-state index in [1.807, 2.05) is 0 Å². The minimum atomic E-state index is -0.649. The quantitative estimate of drug-likeness (QED) is 0.825. The molecule has 0 radical (unpaired) electrons. The van der Waals surface area contributed by atoms with Gasteiger partial charge in [-0.05, 0) is 25.0 Å². The van der Waals surface area contributed by atoms with Crippen molar-refractivity contribution in [2.24, 2.45) is 5.92 Å². The monoisotopic (exact) mass is 274 g/mol. The fourth-order valence-electron chi connectivity index (χ4n) is 2.15. The van der Waals surface area contributed by atoms with Crippen LogP contribution in [0.5, 0.6) is 11.5 Å². The van der Waals surface area contributed by atoms with Gasteiger partial charge < -0.3 is 14.4 Å². The molecular weight excluding hydrogens is 256 g/mol. The Bertz CT molecular complexity index is 547. The van der Waals surface area contributed by atoms with Gasteiger partial charge in [0.15, 0.2) is 0 Å². The number of methoxy groups -OCH3 is 2. The Morgan fingerprint density at radius 1 is 1.40 bits per heavy atom. The van der Waals surface area contributed by atoms with Crippen LogP contribution in [0.15, 0.2) is 18.2 Å². The number of hydrogen-bond acceptors (Lipinski definition) is 4. The average molecular weight is 274 g/mol. The highest BCUT2D eigenvalue weighted by atomic mass is 16.5. The van der Waals surface area contributed by atoms with Gasteiger partial charge >= 0.3 is 0 Å². The highest BCUT2D eigenvalue weighted by molar-refractivity contribution is 5.81. The number of benzene rings is 1. The van der Waals surface area contributed by atoms with Gasteiger partial charge in [-0.3, -0.25) is 4.79 Å². The van der Waals surface area contributed by atoms with E-state index in [1.54, 1.807) is 32.4 Å². The van der Waals surface area contributed by atoms with Gasteiger partial charge in [0.2, 0.25) is 5.91 Å². The smallest absolute Gasteiger partial charge is 0.226 e. The fraction of sp³-hybridized carbons (Fsp3) is 0.467. The van der Waals surface area contributed by atoms with Gasteiger partial charge in [0.1, 0.15) is 17.5 Å². The third-order valence-corrected chi connectivity index (χ3v) is 3.52. The minimum absolute atomic E-state index is 0.0226. The van der Waals surface area contributed by atoms with Crippen LogP contribution in [0.4, 0.5) is 0 Å². The van der Waals surface area contributed by atoms with Crippen LogP contribution in [-0.4, -0.2) is 32.1 Å². The van der Waals surface area contributed by atoms with Crippen LogP contribution in [0.2, 0.25) is 0 Å². The molecule has 0 spiro atoms. The molecule has 1 saturated carbocycles. The van der Waals surface area contributed by atoms with Crippen LogP contribution >= 0.6 is 0 Å². The molecule has 2 rings (SSSR count). The lowest BCUT2D eigenvalue weighted by atomic mass is 10.0. The molecule has 1 aliphatic rings. The number of hydrogen-bond donors (Lipinski definition) is 0. The number of nitriles is 1. The topological polar surface area (TPSA) is 62.6 Å². The summed E-state index contributed by atoms with van der Waals surface area (Å²) in [5, 5.41) is 9.42. The molecule has 5 heteroatoms. The first-order valence-electron chi connectivity index (χ1n) is 6.50. The lowest BCUT2D eigenvalue weighted by Crippen LogP contribution is -2.31. The molecule has 5 nitrogen and oxygen atoms in total. The van der Waals surface area contributed by atoms with Gasteiger partial charge in [-0.25, -0.2) is 0 Å². The Morgan fingerprint density at radius 2 is 2.10 bits per heavy atom. The summed E-state index contributed by atoms with van der Waals surface area (Å²) in [6.45, 7) is 0. The maximum absolute atomic E-state index is 12.1. The molecule has 106 valence electrons. The number of carbonyl (C=O) groups is 1. The van der Waals surface area contributed by atoms with E-state index in [0.29, 0.717) is 17.1 Å². The Labute approximate surface area is 118 Å². The zero-order chi connectivity index (χ0) is 14.7. The molecule has 1 aromatic carbocycles. The Morgan fingerprint density at radius 3 is 2.60 bits per heavy atom. The highest BCUT2D eigenvalue weighted by Gasteiger charge is 2.35. The van der Waals surface area contributed by atoms with Crippen molar-refractivity contribution in [1.82, 2.24) is 4.90 Å². The largest absolute Gasteiger partial charge is 0.497 e. The molecule has 0 heterocycles. The van der Waals surface area contributed by atoms with Crippen LogP contribution in [0, 0.1) is 17.2 Å². The van der Waals surface area contributed by atoms with E-state index in [2.05, 4.69) is 6.07 Å². The third kappa shape index (κ3) is 2.69. The van der Waals surface area contributed by atoms with Gasteiger partial charge in [0.05, 0.1) is 20.3 Å². The van der Waals surface area contributed by atoms with Gasteiger partial charge in [-0.15, -0.1) is 0 Å². The van der Waals surface area contributed by atoms with Crippen molar-refractivity contribution in [3.05, 3.63) is 23.8 Å². The third-order valence-electron chi connectivity index (χ3n) is 3.52. The molecule has 1 unspecified atom stereocenters. The van der Waals surface area contributed by atoms with Crippen LogP contribution in [-0.2, 0) is 4.79 Å². The molecule has 0 saturated heterocycles. The second kappa shape index (κ2) is 5.83. The molecule has 0 N–H and O–H groups in total. The SMILES string of the molecule is COc1ccc(C(C#N)N(C)C(=O)C2CC2)c(OC)c1. The van der Waals surface area contributed by atoms with E-state index >= 15 is 0 Å². The van der Waals surface area contributed by atoms with Crippen molar-refractivity contribution in [2.45, 2.75) is 18.9 Å². The number of amides is 1. The molecule has 0 bridgehead atoms. The first kappa shape index (κ1) is 14.2. The molecule has 0 aromatic heterocycles. The minimum Gasteiger partial charge on any atom is -0.497 e. The maximum Gasteiger partial charge on any atom is 0.226 e. The van der Waals surface area contributed by atoms with E-state index in [1.165, 1.54) is 12.0 Å². The average Bonchev–Trinajstić information content (AvgIpc) is 3.31. The van der Waals surface area contributed by atoms with E-state index in [-0.39, 0.29) is 11.8 Å². The zero-order valence-corrected chi connectivity index (χ0v) is 11.9. The first-order chi connectivity index (χ1) is 9.62. The Hall–Kier alpha value is -2.22. The van der Waals surface area contributed by atoms with Gasteiger partial charge in [0, 0.05) is 24.6 Å². The number of nitrogens with zero attached hydrogens (tertiary/aromatic N) is 2. The number of rotatable bonds is 5. The summed E-state index contributed by atoms with van der Waals surface area (Å²) in [5.74, 6) is 1.30. The van der Waals surface area contributed by atoms with E-state index < -0.39 is 6.04 Å². The van der Waals surface area contributed by atoms with E-state index in [9.17, 15) is 10.1 Å². The summed E-state index contributed by atoms with van der Waals surface area (Å²) in [4.78, 5) is 13.6. The van der Waals surface area contributed by atoms with Gasteiger partial charge in [-0.2, -0.15) is 5.26 Å². The molecule has 1 aromatic rings. The molecule has 1 aliphatic carbocycles. The standard InChI is InChI=1S/C15H18N2O3/c1-17(15(18)10-4-5-10)13(9-16)12-7-6-11(19-2)8-14(12)20-3/h6-8,10,13H,4-5H2,1-3H3. The van der Waals surface area contributed by atoms with Gasteiger partial charge in [0.25, 0.3) is 0 Å². The predicted octanol–water partition coefficient (Wildman–Crippen LogP) is 2.14. The molecule has 1 atom stereocenters. The van der Waals surface area contributed by atoms with Crippen LogP contribution in [0.3, 0.4) is 0 Å². The van der Waals surface area contributed by atoms with Crippen molar-refractivity contribution in [2.75, 3.05) is 21.3 Å². The summed E-state index contributed by atoms with van der Waals surface area (Å²) < 4.78 is 10.4. The van der Waals surface area contributed by atoms with E-state index in [4.69, 9.17) is 9.47 Å². The van der Waals surface area contributed by atoms with Crippen LogP contribution < -0.4 is 9.47 Å². The molecule has 0 aliphatic heterocycles. The summed E-state index contributed by atoms with van der Waals surface area (Å²) >= 11 is 0. The van der Waals surface area contributed by atoms with Crippen molar-refractivity contribution in [3.8, 4) is 17.6 Å². The zero-order valence-electron chi connectivity index (χ0n) is 11.9. The summed E-state index contributed by atoms with van der Waals surface area (Å²) in [7, 11) is 4.77. The number of ether oxygens (including phenoxy) is 2. The lowest BCUT2D eigenvalue weighted by molar-refractivity contribution is -0.132.